The minimum atomic E-state index is -0.601. The molecule has 2 amide bonds. The maximum absolute atomic E-state index is 12.1. The van der Waals surface area contributed by atoms with Gasteiger partial charge in [0.2, 0.25) is 0 Å². The number of carbonyl (C=O) groups is 2. The highest BCUT2D eigenvalue weighted by atomic mass is 16.6. The van der Waals surface area contributed by atoms with Gasteiger partial charge in [-0.05, 0) is 54.4 Å². The van der Waals surface area contributed by atoms with E-state index in [0.29, 0.717) is 19.3 Å². The van der Waals surface area contributed by atoms with E-state index >= 15 is 0 Å². The van der Waals surface area contributed by atoms with Crippen molar-refractivity contribution in [1.82, 2.24) is 10.6 Å². The van der Waals surface area contributed by atoms with Crippen molar-refractivity contribution in [3.05, 3.63) is 0 Å². The van der Waals surface area contributed by atoms with Crippen molar-refractivity contribution in [2.24, 2.45) is 5.16 Å². The van der Waals surface area contributed by atoms with Crippen LogP contribution in [0.2, 0.25) is 0 Å². The molecule has 0 radical (unpaired) electrons. The molecular formula is C17H31N3O5. The van der Waals surface area contributed by atoms with E-state index in [0.717, 1.165) is 5.71 Å². The molecule has 1 aliphatic carbocycles. The Bertz CT molecular complexity index is 505. The normalized spacial score (nSPS) is 22.9. The standard InChI is InChI=1S/C17H31N3O5/c1-16(2,3)24-14(21)18-12-9-8-11(20-23-7)10-13(12)19-15(22)25-17(4,5)6/h12-13H,8-10H2,1-7H3,(H,18,21)(H,19,22). The number of nitrogens with zero attached hydrogens (tertiary/aromatic N) is 1. The van der Waals surface area contributed by atoms with Crippen LogP contribution in [0, 0.1) is 0 Å². The summed E-state index contributed by atoms with van der Waals surface area (Å²) in [5, 5.41) is 9.61. The Kier molecular flexibility index (Phi) is 7.07. The summed E-state index contributed by atoms with van der Waals surface area (Å²) in [6, 6.07) is -0.636. The molecule has 144 valence electrons. The second-order valence-corrected chi connectivity index (χ2v) is 8.09. The van der Waals surface area contributed by atoms with E-state index in [2.05, 4.69) is 15.8 Å². The molecule has 0 aromatic heterocycles. The van der Waals surface area contributed by atoms with Gasteiger partial charge in [-0.1, -0.05) is 5.16 Å². The van der Waals surface area contributed by atoms with Crippen LogP contribution >= 0.6 is 0 Å². The van der Waals surface area contributed by atoms with Gasteiger partial charge in [0.1, 0.15) is 18.3 Å². The molecule has 0 aromatic carbocycles. The number of oxime groups is 1. The third-order valence-electron chi connectivity index (χ3n) is 3.31. The molecule has 1 rings (SSSR count). The van der Waals surface area contributed by atoms with Gasteiger partial charge in [-0.2, -0.15) is 0 Å². The van der Waals surface area contributed by atoms with E-state index in [1.54, 1.807) is 41.5 Å². The molecule has 1 saturated carbocycles. The molecule has 2 unspecified atom stereocenters. The number of ether oxygens (including phenoxy) is 2. The number of hydrogen-bond donors (Lipinski definition) is 2. The molecule has 2 atom stereocenters. The molecule has 25 heavy (non-hydrogen) atoms. The molecule has 0 aromatic rings. The van der Waals surface area contributed by atoms with E-state index < -0.39 is 23.4 Å². The first-order valence-corrected chi connectivity index (χ1v) is 8.47. The van der Waals surface area contributed by atoms with Crippen LogP contribution in [0.3, 0.4) is 0 Å². The Hall–Kier alpha value is -1.99. The fraction of sp³-hybridized carbons (Fsp3) is 0.824. The molecule has 0 saturated heterocycles. The van der Waals surface area contributed by atoms with Crippen molar-refractivity contribution in [1.29, 1.82) is 0 Å². The Morgan fingerprint density at radius 3 is 1.88 bits per heavy atom. The van der Waals surface area contributed by atoms with Crippen LogP contribution in [0.1, 0.15) is 60.8 Å². The third-order valence-corrected chi connectivity index (χ3v) is 3.31. The maximum atomic E-state index is 12.1. The highest BCUT2D eigenvalue weighted by molar-refractivity contribution is 5.86. The molecule has 2 N–H and O–H groups in total. The number of rotatable bonds is 3. The van der Waals surface area contributed by atoms with Crippen molar-refractivity contribution in [2.45, 2.75) is 84.1 Å². The van der Waals surface area contributed by atoms with Crippen LogP contribution in [-0.4, -0.2) is 48.3 Å². The fourth-order valence-electron chi connectivity index (χ4n) is 2.48. The lowest BCUT2D eigenvalue weighted by Crippen LogP contribution is -2.56. The summed E-state index contributed by atoms with van der Waals surface area (Å²) in [6.45, 7) is 10.8. The third kappa shape index (κ3) is 8.60. The lowest BCUT2D eigenvalue weighted by Gasteiger charge is -2.34. The van der Waals surface area contributed by atoms with Crippen LogP contribution in [-0.2, 0) is 14.3 Å². The van der Waals surface area contributed by atoms with Crippen molar-refractivity contribution in [2.75, 3.05) is 7.11 Å². The van der Waals surface area contributed by atoms with Crippen LogP contribution < -0.4 is 10.6 Å². The first kappa shape index (κ1) is 21.1. The predicted octanol–water partition coefficient (Wildman–Crippen LogP) is 2.96. The van der Waals surface area contributed by atoms with Crippen molar-refractivity contribution in [3.63, 3.8) is 0 Å². The first-order valence-electron chi connectivity index (χ1n) is 8.47. The average molecular weight is 357 g/mol. The van der Waals surface area contributed by atoms with E-state index in [-0.39, 0.29) is 12.1 Å². The number of alkyl carbamates (subject to hydrolysis) is 2. The zero-order chi connectivity index (χ0) is 19.3. The van der Waals surface area contributed by atoms with Gasteiger partial charge >= 0.3 is 12.2 Å². The summed E-state index contributed by atoms with van der Waals surface area (Å²) < 4.78 is 10.6. The molecule has 0 spiro atoms. The number of amides is 2. The van der Waals surface area contributed by atoms with E-state index in [9.17, 15) is 9.59 Å². The monoisotopic (exact) mass is 357 g/mol. The van der Waals surface area contributed by atoms with Crippen molar-refractivity contribution < 1.29 is 23.9 Å². The second-order valence-electron chi connectivity index (χ2n) is 8.09. The molecule has 0 aliphatic heterocycles. The van der Waals surface area contributed by atoms with Crippen LogP contribution in [0.25, 0.3) is 0 Å². The molecule has 1 aliphatic rings. The Labute approximate surface area is 149 Å². The summed E-state index contributed by atoms with van der Waals surface area (Å²) >= 11 is 0. The zero-order valence-corrected chi connectivity index (χ0v) is 16.3. The SMILES string of the molecule is CON=C1CCC(NC(=O)OC(C)(C)C)C(NC(=O)OC(C)(C)C)C1. The Balaban J connectivity index is 2.77. The van der Waals surface area contributed by atoms with Gasteiger partial charge in [-0.3, -0.25) is 0 Å². The Morgan fingerprint density at radius 1 is 0.960 bits per heavy atom. The van der Waals surface area contributed by atoms with E-state index in [1.165, 1.54) is 7.11 Å². The van der Waals surface area contributed by atoms with Crippen molar-refractivity contribution >= 4 is 17.9 Å². The smallest absolute Gasteiger partial charge is 0.407 e. The summed E-state index contributed by atoms with van der Waals surface area (Å²) in [4.78, 5) is 29.0. The number of hydrogen-bond acceptors (Lipinski definition) is 6. The molecule has 8 nitrogen and oxygen atoms in total. The molecule has 0 heterocycles. The van der Waals surface area contributed by atoms with Gasteiger partial charge in [-0.15, -0.1) is 0 Å². The average Bonchev–Trinajstić information content (AvgIpc) is 2.37. The lowest BCUT2D eigenvalue weighted by atomic mass is 9.89. The van der Waals surface area contributed by atoms with Gasteiger partial charge < -0.3 is 24.9 Å². The maximum Gasteiger partial charge on any atom is 0.407 e. The summed E-state index contributed by atoms with van der Waals surface area (Å²) in [5.41, 5.74) is -0.364. The minimum absolute atomic E-state index is 0.279. The molecule has 1 fully saturated rings. The minimum Gasteiger partial charge on any atom is -0.444 e. The van der Waals surface area contributed by atoms with Gasteiger partial charge in [0, 0.05) is 6.42 Å². The van der Waals surface area contributed by atoms with Gasteiger partial charge in [0.05, 0.1) is 17.8 Å². The highest BCUT2D eigenvalue weighted by Crippen LogP contribution is 2.19. The van der Waals surface area contributed by atoms with Gasteiger partial charge in [-0.25, -0.2) is 9.59 Å². The van der Waals surface area contributed by atoms with Crippen LogP contribution in [0.15, 0.2) is 5.16 Å². The molecular weight excluding hydrogens is 326 g/mol. The van der Waals surface area contributed by atoms with Crippen LogP contribution in [0.4, 0.5) is 9.59 Å². The highest BCUT2D eigenvalue weighted by Gasteiger charge is 2.33. The zero-order valence-electron chi connectivity index (χ0n) is 16.3. The van der Waals surface area contributed by atoms with Crippen LogP contribution in [0.5, 0.6) is 0 Å². The summed E-state index contributed by atoms with van der Waals surface area (Å²) in [6.07, 6.45) is 0.698. The fourth-order valence-corrected chi connectivity index (χ4v) is 2.48. The van der Waals surface area contributed by atoms with Crippen molar-refractivity contribution in [3.8, 4) is 0 Å². The van der Waals surface area contributed by atoms with Gasteiger partial charge in [0.25, 0.3) is 0 Å². The van der Waals surface area contributed by atoms with E-state index in [1.807, 2.05) is 0 Å². The number of nitrogens with one attached hydrogen (secondary N) is 2. The Morgan fingerprint density at radius 2 is 1.44 bits per heavy atom. The quantitative estimate of drug-likeness (QED) is 0.757. The summed E-state index contributed by atoms with van der Waals surface area (Å²) in [7, 11) is 1.48. The summed E-state index contributed by atoms with van der Waals surface area (Å²) in [5.74, 6) is 0. The van der Waals surface area contributed by atoms with Gasteiger partial charge in [0.15, 0.2) is 0 Å². The van der Waals surface area contributed by atoms with E-state index in [4.69, 9.17) is 14.3 Å². The topological polar surface area (TPSA) is 98.3 Å². The first-order chi connectivity index (χ1) is 11.4. The molecule has 8 heteroatoms. The lowest BCUT2D eigenvalue weighted by molar-refractivity contribution is 0.0423. The largest absolute Gasteiger partial charge is 0.444 e. The second kappa shape index (κ2) is 8.40. The molecule has 0 bridgehead atoms. The number of carbonyl (C=O) groups excluding carboxylic acids is 2. The predicted molar refractivity (Wildman–Crippen MR) is 94.6 cm³/mol.